The first-order valence-corrected chi connectivity index (χ1v) is 7.89. The number of carbonyl (C=O) groups is 1. The Morgan fingerprint density at radius 1 is 1.19 bits per heavy atom. The molecule has 1 aliphatic rings. The molecule has 21 heavy (non-hydrogen) atoms. The van der Waals surface area contributed by atoms with Gasteiger partial charge in [0.25, 0.3) is 0 Å². The zero-order valence-electron chi connectivity index (χ0n) is 13.9. The molecule has 1 N–H and O–H groups in total. The fourth-order valence-corrected chi connectivity index (χ4v) is 2.90. The smallest absolute Gasteiger partial charge is 0.245 e. The van der Waals surface area contributed by atoms with Crippen LogP contribution in [0, 0.1) is 11.3 Å². The molecule has 1 amide bonds. The van der Waals surface area contributed by atoms with E-state index in [1.165, 1.54) is 0 Å². The van der Waals surface area contributed by atoms with Crippen molar-refractivity contribution in [2.75, 3.05) is 6.54 Å². The van der Waals surface area contributed by atoms with Crippen LogP contribution in [0.3, 0.4) is 0 Å². The minimum atomic E-state index is -0.197. The molecule has 0 spiro atoms. The summed E-state index contributed by atoms with van der Waals surface area (Å²) in [6.07, 6.45) is 1.13. The molecule has 2 rings (SSSR count). The highest BCUT2D eigenvalue weighted by atomic mass is 16.2. The van der Waals surface area contributed by atoms with Gasteiger partial charge in [0.05, 0.1) is 6.17 Å². The highest BCUT2D eigenvalue weighted by Crippen LogP contribution is 2.30. The van der Waals surface area contributed by atoms with Crippen molar-refractivity contribution in [2.24, 2.45) is 11.3 Å². The highest BCUT2D eigenvalue weighted by Gasteiger charge is 2.40. The molecule has 0 aromatic heterocycles. The first kappa shape index (κ1) is 16.0. The molecule has 1 saturated heterocycles. The van der Waals surface area contributed by atoms with Crippen molar-refractivity contribution < 1.29 is 4.79 Å². The summed E-state index contributed by atoms with van der Waals surface area (Å²) in [4.78, 5) is 14.9. The third-order valence-electron chi connectivity index (χ3n) is 3.74. The molecule has 3 nitrogen and oxygen atoms in total. The third-order valence-corrected chi connectivity index (χ3v) is 3.74. The molecular weight excluding hydrogens is 260 g/mol. The fourth-order valence-electron chi connectivity index (χ4n) is 2.90. The molecule has 1 aromatic rings. The molecule has 3 heteroatoms. The van der Waals surface area contributed by atoms with E-state index >= 15 is 0 Å². The average Bonchev–Trinajstić information content (AvgIpc) is 2.66. The van der Waals surface area contributed by atoms with Crippen LogP contribution >= 0.6 is 0 Å². The van der Waals surface area contributed by atoms with Gasteiger partial charge in [0.2, 0.25) is 5.91 Å². The molecular formula is C18H28N2O. The lowest BCUT2D eigenvalue weighted by molar-refractivity contribution is -0.131. The second kappa shape index (κ2) is 6.18. The molecule has 0 saturated carbocycles. The van der Waals surface area contributed by atoms with Gasteiger partial charge in [-0.1, -0.05) is 65.0 Å². The lowest BCUT2D eigenvalue weighted by Crippen LogP contribution is -2.42. The van der Waals surface area contributed by atoms with Gasteiger partial charge in [0.15, 0.2) is 0 Å². The molecule has 2 atom stereocenters. The summed E-state index contributed by atoms with van der Waals surface area (Å²) < 4.78 is 0. The van der Waals surface area contributed by atoms with Crippen molar-refractivity contribution in [3.63, 3.8) is 0 Å². The van der Waals surface area contributed by atoms with E-state index in [0.717, 1.165) is 18.5 Å². The normalized spacial score (nSPS) is 23.1. The fraction of sp³-hybridized carbons (Fsp3) is 0.611. The van der Waals surface area contributed by atoms with Crippen LogP contribution in [0.2, 0.25) is 0 Å². The number of hydrogen-bond acceptors (Lipinski definition) is 2. The minimum Gasteiger partial charge on any atom is -0.325 e. The standard InChI is InChI=1S/C18H28N2O/c1-13(2)11-15-19-16(14-9-7-6-8-10-14)17(21)20(15)12-18(3,4)5/h6-10,13,15-16,19H,11-12H2,1-5H3. The minimum absolute atomic E-state index is 0.109. The maximum absolute atomic E-state index is 12.8. The van der Waals surface area contributed by atoms with Crippen molar-refractivity contribution in [3.8, 4) is 0 Å². The van der Waals surface area contributed by atoms with Gasteiger partial charge in [-0.2, -0.15) is 0 Å². The Labute approximate surface area is 128 Å². The number of nitrogens with one attached hydrogen (secondary N) is 1. The van der Waals surface area contributed by atoms with Crippen LogP contribution in [0.15, 0.2) is 30.3 Å². The zero-order chi connectivity index (χ0) is 15.6. The van der Waals surface area contributed by atoms with Gasteiger partial charge in [-0.3, -0.25) is 10.1 Å². The summed E-state index contributed by atoms with van der Waals surface area (Å²) in [7, 11) is 0. The Hall–Kier alpha value is -1.35. The Kier molecular flexibility index (Phi) is 4.72. The number of carbonyl (C=O) groups excluding carboxylic acids is 1. The van der Waals surface area contributed by atoms with Gasteiger partial charge < -0.3 is 4.90 Å². The first-order chi connectivity index (χ1) is 9.78. The largest absolute Gasteiger partial charge is 0.325 e. The van der Waals surface area contributed by atoms with E-state index in [1.54, 1.807) is 0 Å². The summed E-state index contributed by atoms with van der Waals surface area (Å²) in [6.45, 7) is 11.8. The van der Waals surface area contributed by atoms with Crippen molar-refractivity contribution in [1.82, 2.24) is 10.2 Å². The van der Waals surface area contributed by atoms with Gasteiger partial charge in [-0.25, -0.2) is 0 Å². The quantitative estimate of drug-likeness (QED) is 0.918. The molecule has 0 aliphatic carbocycles. The molecule has 1 fully saturated rings. The molecule has 116 valence electrons. The van der Waals surface area contributed by atoms with Crippen molar-refractivity contribution in [2.45, 2.75) is 53.2 Å². The van der Waals surface area contributed by atoms with Gasteiger partial charge >= 0.3 is 0 Å². The van der Waals surface area contributed by atoms with E-state index in [-0.39, 0.29) is 23.5 Å². The third kappa shape index (κ3) is 4.07. The van der Waals surface area contributed by atoms with E-state index in [2.05, 4.69) is 39.9 Å². The molecule has 1 aromatic carbocycles. The zero-order valence-corrected chi connectivity index (χ0v) is 13.9. The molecule has 1 aliphatic heterocycles. The van der Waals surface area contributed by atoms with Crippen LogP contribution in [-0.4, -0.2) is 23.5 Å². The Morgan fingerprint density at radius 3 is 2.33 bits per heavy atom. The molecule has 1 heterocycles. The number of hydrogen-bond donors (Lipinski definition) is 1. The predicted molar refractivity (Wildman–Crippen MR) is 86.7 cm³/mol. The summed E-state index contributed by atoms with van der Waals surface area (Å²) in [5.74, 6) is 0.772. The van der Waals surface area contributed by atoms with Crippen LogP contribution in [0.4, 0.5) is 0 Å². The summed E-state index contributed by atoms with van der Waals surface area (Å²) in [5, 5.41) is 3.54. The lowest BCUT2D eigenvalue weighted by atomic mass is 9.95. The molecule has 0 bridgehead atoms. The maximum Gasteiger partial charge on any atom is 0.245 e. The van der Waals surface area contributed by atoms with Crippen LogP contribution in [0.1, 0.15) is 52.6 Å². The highest BCUT2D eigenvalue weighted by molar-refractivity contribution is 5.85. The Balaban J connectivity index is 2.22. The van der Waals surface area contributed by atoms with E-state index in [0.29, 0.717) is 5.92 Å². The summed E-state index contributed by atoms with van der Waals surface area (Å²) in [5.41, 5.74) is 1.17. The number of benzene rings is 1. The predicted octanol–water partition coefficient (Wildman–Crippen LogP) is 3.58. The van der Waals surface area contributed by atoms with E-state index in [1.807, 2.05) is 35.2 Å². The number of amides is 1. The van der Waals surface area contributed by atoms with Gasteiger partial charge in [0.1, 0.15) is 6.04 Å². The maximum atomic E-state index is 12.8. The van der Waals surface area contributed by atoms with E-state index in [9.17, 15) is 4.79 Å². The van der Waals surface area contributed by atoms with Crippen molar-refractivity contribution in [1.29, 1.82) is 0 Å². The lowest BCUT2D eigenvalue weighted by Gasteiger charge is -2.31. The van der Waals surface area contributed by atoms with E-state index < -0.39 is 0 Å². The second-order valence-electron chi connectivity index (χ2n) is 7.68. The van der Waals surface area contributed by atoms with Crippen LogP contribution in [0.25, 0.3) is 0 Å². The van der Waals surface area contributed by atoms with Crippen molar-refractivity contribution >= 4 is 5.91 Å². The van der Waals surface area contributed by atoms with Crippen LogP contribution in [0.5, 0.6) is 0 Å². The summed E-state index contributed by atoms with van der Waals surface area (Å²) in [6, 6.07) is 9.84. The van der Waals surface area contributed by atoms with E-state index in [4.69, 9.17) is 0 Å². The second-order valence-corrected chi connectivity index (χ2v) is 7.68. The average molecular weight is 288 g/mol. The van der Waals surface area contributed by atoms with Crippen molar-refractivity contribution in [3.05, 3.63) is 35.9 Å². The van der Waals surface area contributed by atoms with Gasteiger partial charge in [-0.05, 0) is 23.3 Å². The van der Waals surface area contributed by atoms with Crippen LogP contribution in [-0.2, 0) is 4.79 Å². The SMILES string of the molecule is CC(C)CC1NC(c2ccccc2)C(=O)N1CC(C)(C)C. The Morgan fingerprint density at radius 2 is 1.81 bits per heavy atom. The monoisotopic (exact) mass is 288 g/mol. The summed E-state index contributed by atoms with van der Waals surface area (Å²) >= 11 is 0. The molecule has 0 radical (unpaired) electrons. The number of rotatable bonds is 4. The number of nitrogens with zero attached hydrogens (tertiary/aromatic N) is 1. The topological polar surface area (TPSA) is 32.3 Å². The molecule has 2 unspecified atom stereocenters. The van der Waals surface area contributed by atoms with Gasteiger partial charge in [0, 0.05) is 6.54 Å². The van der Waals surface area contributed by atoms with Crippen LogP contribution < -0.4 is 5.32 Å². The van der Waals surface area contributed by atoms with Gasteiger partial charge in [-0.15, -0.1) is 0 Å². The Bertz CT molecular complexity index is 476. The first-order valence-electron chi connectivity index (χ1n) is 7.89.